The van der Waals surface area contributed by atoms with Crippen LogP contribution >= 0.6 is 0 Å². The normalized spacial score (nSPS) is 16.3. The molecule has 5 heteroatoms. The number of morpholine rings is 1. The summed E-state index contributed by atoms with van der Waals surface area (Å²) in [4.78, 5) is 14.9. The fourth-order valence-corrected chi connectivity index (χ4v) is 3.34. The Balaban J connectivity index is 1.69. The molecular formula is C22H27FN2O2. The van der Waals surface area contributed by atoms with Crippen molar-refractivity contribution in [2.45, 2.75) is 25.8 Å². The van der Waals surface area contributed by atoms with Crippen molar-refractivity contribution in [3.05, 3.63) is 71.0 Å². The van der Waals surface area contributed by atoms with Gasteiger partial charge >= 0.3 is 0 Å². The SMILES string of the molecule is CC(C)c1ccc(C(=O)NCC(c2ccc(F)cc2)N2CCOCC2)cc1. The number of halogens is 1. The van der Waals surface area contributed by atoms with E-state index >= 15 is 0 Å². The molecule has 1 aliphatic heterocycles. The molecule has 1 N–H and O–H groups in total. The number of hydrogen-bond acceptors (Lipinski definition) is 3. The van der Waals surface area contributed by atoms with Crippen molar-refractivity contribution in [2.24, 2.45) is 0 Å². The second-order valence-electron chi connectivity index (χ2n) is 7.20. The number of carbonyl (C=O) groups is 1. The molecule has 3 rings (SSSR count). The quantitative estimate of drug-likeness (QED) is 0.842. The van der Waals surface area contributed by atoms with Crippen LogP contribution in [-0.2, 0) is 4.74 Å². The molecular weight excluding hydrogens is 343 g/mol. The van der Waals surface area contributed by atoms with Gasteiger partial charge in [-0.2, -0.15) is 0 Å². The van der Waals surface area contributed by atoms with Gasteiger partial charge in [-0.05, 0) is 41.3 Å². The van der Waals surface area contributed by atoms with Crippen molar-refractivity contribution in [2.75, 3.05) is 32.8 Å². The first-order valence-corrected chi connectivity index (χ1v) is 9.50. The molecule has 1 fully saturated rings. The van der Waals surface area contributed by atoms with Crippen molar-refractivity contribution in [3.8, 4) is 0 Å². The van der Waals surface area contributed by atoms with E-state index in [0.29, 0.717) is 31.2 Å². The first-order valence-electron chi connectivity index (χ1n) is 9.50. The topological polar surface area (TPSA) is 41.6 Å². The average Bonchev–Trinajstić information content (AvgIpc) is 2.70. The molecule has 2 aromatic rings. The van der Waals surface area contributed by atoms with Gasteiger partial charge in [-0.15, -0.1) is 0 Å². The molecule has 0 radical (unpaired) electrons. The van der Waals surface area contributed by atoms with Crippen LogP contribution < -0.4 is 5.32 Å². The smallest absolute Gasteiger partial charge is 0.251 e. The van der Waals surface area contributed by atoms with Crippen LogP contribution in [0, 0.1) is 5.82 Å². The third-order valence-electron chi connectivity index (χ3n) is 5.04. The lowest BCUT2D eigenvalue weighted by atomic mass is 10.0. The highest BCUT2D eigenvalue weighted by molar-refractivity contribution is 5.94. The minimum atomic E-state index is -0.256. The molecule has 1 atom stereocenters. The summed E-state index contributed by atoms with van der Waals surface area (Å²) in [6, 6.07) is 14.2. The lowest BCUT2D eigenvalue weighted by Gasteiger charge is -2.35. The van der Waals surface area contributed by atoms with Crippen LogP contribution in [0.2, 0.25) is 0 Å². The Labute approximate surface area is 160 Å². The van der Waals surface area contributed by atoms with E-state index in [1.807, 2.05) is 24.3 Å². The standard InChI is InChI=1S/C22H27FN2O2/c1-16(2)17-3-5-19(6-4-17)22(26)24-15-21(25-11-13-27-14-12-25)18-7-9-20(23)10-8-18/h3-10,16,21H,11-15H2,1-2H3,(H,24,26). The highest BCUT2D eigenvalue weighted by Gasteiger charge is 2.23. The average molecular weight is 370 g/mol. The van der Waals surface area contributed by atoms with Gasteiger partial charge in [0.25, 0.3) is 5.91 Å². The summed E-state index contributed by atoms with van der Waals surface area (Å²) < 4.78 is 18.8. The van der Waals surface area contributed by atoms with Gasteiger partial charge in [0.2, 0.25) is 0 Å². The maximum atomic E-state index is 13.3. The maximum Gasteiger partial charge on any atom is 0.251 e. The minimum absolute atomic E-state index is 0.00612. The molecule has 0 spiro atoms. The van der Waals surface area contributed by atoms with Gasteiger partial charge in [0.15, 0.2) is 0 Å². The van der Waals surface area contributed by atoms with Crippen LogP contribution in [0.3, 0.4) is 0 Å². The zero-order valence-corrected chi connectivity index (χ0v) is 16.0. The van der Waals surface area contributed by atoms with Crippen LogP contribution in [0.1, 0.15) is 47.3 Å². The summed E-state index contributed by atoms with van der Waals surface area (Å²) in [5.74, 6) is 0.0886. The Kier molecular flexibility index (Phi) is 6.58. The van der Waals surface area contributed by atoms with Crippen molar-refractivity contribution >= 4 is 5.91 Å². The van der Waals surface area contributed by atoms with E-state index in [2.05, 4.69) is 24.1 Å². The molecule has 0 aliphatic carbocycles. The van der Waals surface area contributed by atoms with Gasteiger partial charge in [0, 0.05) is 25.2 Å². The number of nitrogens with zero attached hydrogens (tertiary/aromatic N) is 1. The number of amides is 1. The zero-order valence-electron chi connectivity index (χ0n) is 16.0. The minimum Gasteiger partial charge on any atom is -0.379 e. The Hall–Kier alpha value is -2.24. The summed E-state index contributed by atoms with van der Waals surface area (Å²) in [5.41, 5.74) is 2.86. The number of rotatable bonds is 6. The summed E-state index contributed by atoms with van der Waals surface area (Å²) in [6.45, 7) is 7.65. The number of ether oxygens (including phenoxy) is 1. The van der Waals surface area contributed by atoms with E-state index in [1.54, 1.807) is 12.1 Å². The number of benzene rings is 2. The van der Waals surface area contributed by atoms with E-state index in [-0.39, 0.29) is 17.8 Å². The lowest BCUT2D eigenvalue weighted by molar-refractivity contribution is 0.0162. The molecule has 27 heavy (non-hydrogen) atoms. The summed E-state index contributed by atoms with van der Waals surface area (Å²) >= 11 is 0. The van der Waals surface area contributed by atoms with Gasteiger partial charge < -0.3 is 10.1 Å². The van der Waals surface area contributed by atoms with Gasteiger partial charge in [-0.25, -0.2) is 4.39 Å². The van der Waals surface area contributed by atoms with Crippen molar-refractivity contribution < 1.29 is 13.9 Å². The molecule has 0 saturated carbocycles. The Morgan fingerprint density at radius 1 is 1.04 bits per heavy atom. The second kappa shape index (κ2) is 9.11. The molecule has 1 aliphatic rings. The number of hydrogen-bond donors (Lipinski definition) is 1. The fraction of sp³-hybridized carbons (Fsp3) is 0.409. The molecule has 144 valence electrons. The Morgan fingerprint density at radius 2 is 1.63 bits per heavy atom. The molecule has 1 unspecified atom stereocenters. The largest absolute Gasteiger partial charge is 0.379 e. The number of carbonyl (C=O) groups excluding carboxylic acids is 1. The summed E-state index contributed by atoms with van der Waals surface area (Å²) in [6.07, 6.45) is 0. The van der Waals surface area contributed by atoms with Gasteiger partial charge in [-0.3, -0.25) is 9.69 Å². The molecule has 0 bridgehead atoms. The molecule has 4 nitrogen and oxygen atoms in total. The summed E-state index contributed by atoms with van der Waals surface area (Å²) in [7, 11) is 0. The molecule has 0 aromatic heterocycles. The van der Waals surface area contributed by atoms with E-state index in [4.69, 9.17) is 4.74 Å². The predicted molar refractivity (Wildman–Crippen MR) is 104 cm³/mol. The first kappa shape index (κ1) is 19.5. The predicted octanol–water partition coefficient (Wildman–Crippen LogP) is 3.75. The van der Waals surface area contributed by atoms with Crippen LogP contribution in [0.5, 0.6) is 0 Å². The van der Waals surface area contributed by atoms with Crippen molar-refractivity contribution in [3.63, 3.8) is 0 Å². The van der Waals surface area contributed by atoms with E-state index in [0.717, 1.165) is 18.7 Å². The monoisotopic (exact) mass is 370 g/mol. The van der Waals surface area contributed by atoms with E-state index in [9.17, 15) is 9.18 Å². The van der Waals surface area contributed by atoms with Gasteiger partial charge in [0.05, 0.1) is 19.3 Å². The first-order chi connectivity index (χ1) is 13.0. The maximum absolute atomic E-state index is 13.3. The molecule has 1 heterocycles. The van der Waals surface area contributed by atoms with Crippen LogP contribution in [0.25, 0.3) is 0 Å². The Bertz CT molecular complexity index is 738. The van der Waals surface area contributed by atoms with Crippen LogP contribution in [-0.4, -0.2) is 43.7 Å². The fourth-order valence-electron chi connectivity index (χ4n) is 3.34. The highest BCUT2D eigenvalue weighted by Crippen LogP contribution is 2.22. The van der Waals surface area contributed by atoms with E-state index in [1.165, 1.54) is 17.7 Å². The Morgan fingerprint density at radius 3 is 2.22 bits per heavy atom. The van der Waals surface area contributed by atoms with Crippen LogP contribution in [0.4, 0.5) is 4.39 Å². The molecule has 1 saturated heterocycles. The zero-order chi connectivity index (χ0) is 19.2. The van der Waals surface area contributed by atoms with E-state index < -0.39 is 0 Å². The van der Waals surface area contributed by atoms with Gasteiger partial charge in [-0.1, -0.05) is 38.1 Å². The summed E-state index contributed by atoms with van der Waals surface area (Å²) in [5, 5.41) is 3.04. The number of nitrogens with one attached hydrogen (secondary N) is 1. The third kappa shape index (κ3) is 5.15. The van der Waals surface area contributed by atoms with Crippen LogP contribution in [0.15, 0.2) is 48.5 Å². The second-order valence-corrected chi connectivity index (χ2v) is 7.20. The lowest BCUT2D eigenvalue weighted by Crippen LogP contribution is -2.43. The van der Waals surface area contributed by atoms with Gasteiger partial charge in [0.1, 0.15) is 5.82 Å². The molecule has 1 amide bonds. The van der Waals surface area contributed by atoms with Crippen molar-refractivity contribution in [1.29, 1.82) is 0 Å². The molecule has 2 aromatic carbocycles. The highest BCUT2D eigenvalue weighted by atomic mass is 19.1. The third-order valence-corrected chi connectivity index (χ3v) is 5.04. The van der Waals surface area contributed by atoms with Crippen molar-refractivity contribution in [1.82, 2.24) is 10.2 Å².